The van der Waals surface area contributed by atoms with Crippen LogP contribution < -0.4 is 5.56 Å². The second kappa shape index (κ2) is 6.95. The lowest BCUT2D eigenvalue weighted by Gasteiger charge is -2.16. The first-order valence-electron chi connectivity index (χ1n) is 7.44. The van der Waals surface area contributed by atoms with Crippen molar-refractivity contribution in [1.82, 2.24) is 4.57 Å². The van der Waals surface area contributed by atoms with Gasteiger partial charge in [0.05, 0.1) is 11.6 Å². The number of rotatable bonds is 5. The SMILES string of the molecule is CCc1ccc(-c2ccc(CCl)c(=O)n2CC(C)C)cc1. The van der Waals surface area contributed by atoms with Gasteiger partial charge in [-0.15, -0.1) is 11.6 Å². The van der Waals surface area contributed by atoms with Crippen LogP contribution in [0.25, 0.3) is 11.3 Å². The largest absolute Gasteiger partial charge is 0.308 e. The van der Waals surface area contributed by atoms with Crippen molar-refractivity contribution in [2.75, 3.05) is 0 Å². The second-order valence-corrected chi connectivity index (χ2v) is 6.00. The number of benzene rings is 1. The quantitative estimate of drug-likeness (QED) is 0.747. The molecule has 0 aliphatic carbocycles. The van der Waals surface area contributed by atoms with Crippen molar-refractivity contribution in [3.05, 3.63) is 57.9 Å². The van der Waals surface area contributed by atoms with E-state index in [1.165, 1.54) is 5.56 Å². The van der Waals surface area contributed by atoms with Gasteiger partial charge in [0, 0.05) is 12.1 Å². The minimum absolute atomic E-state index is 0.0239. The summed E-state index contributed by atoms with van der Waals surface area (Å²) in [6, 6.07) is 12.3. The smallest absolute Gasteiger partial charge is 0.255 e. The van der Waals surface area contributed by atoms with Gasteiger partial charge in [0.25, 0.3) is 5.56 Å². The topological polar surface area (TPSA) is 22.0 Å². The predicted molar refractivity (Wildman–Crippen MR) is 89.9 cm³/mol. The molecular formula is C18H22ClNO. The molecule has 1 aromatic carbocycles. The van der Waals surface area contributed by atoms with Crippen LogP contribution in [0.15, 0.2) is 41.2 Å². The third-order valence-corrected chi connectivity index (χ3v) is 3.89. The maximum Gasteiger partial charge on any atom is 0.255 e. The monoisotopic (exact) mass is 303 g/mol. The molecule has 0 bridgehead atoms. The number of aryl methyl sites for hydroxylation is 1. The summed E-state index contributed by atoms with van der Waals surface area (Å²) in [7, 11) is 0. The second-order valence-electron chi connectivity index (χ2n) is 5.74. The third kappa shape index (κ3) is 3.56. The molecular weight excluding hydrogens is 282 g/mol. The molecule has 1 heterocycles. The Hall–Kier alpha value is -1.54. The molecule has 0 aliphatic heterocycles. The van der Waals surface area contributed by atoms with Crippen LogP contribution in [0.3, 0.4) is 0 Å². The molecule has 0 unspecified atom stereocenters. The van der Waals surface area contributed by atoms with Gasteiger partial charge >= 0.3 is 0 Å². The molecule has 2 aromatic rings. The van der Waals surface area contributed by atoms with Gasteiger partial charge in [0.1, 0.15) is 0 Å². The van der Waals surface area contributed by atoms with E-state index in [2.05, 4.69) is 45.0 Å². The molecule has 0 atom stereocenters. The van der Waals surface area contributed by atoms with E-state index in [0.29, 0.717) is 18.0 Å². The Bertz CT molecular complexity index is 656. The standard InChI is InChI=1S/C18H22ClNO/c1-4-14-5-7-15(8-6-14)17-10-9-16(11-19)18(21)20(17)12-13(2)3/h5-10,13H,4,11-12H2,1-3H3. The van der Waals surface area contributed by atoms with E-state index >= 15 is 0 Å². The minimum atomic E-state index is 0.0239. The molecule has 0 radical (unpaired) electrons. The molecule has 1 aromatic heterocycles. The van der Waals surface area contributed by atoms with Gasteiger partial charge in [0.15, 0.2) is 0 Å². The van der Waals surface area contributed by atoms with Gasteiger partial charge in [-0.05, 0) is 29.5 Å². The van der Waals surface area contributed by atoms with Gasteiger partial charge in [0.2, 0.25) is 0 Å². The van der Waals surface area contributed by atoms with E-state index in [1.54, 1.807) is 0 Å². The normalized spacial score (nSPS) is 11.1. The van der Waals surface area contributed by atoms with Crippen LogP contribution in [0.4, 0.5) is 0 Å². The first kappa shape index (κ1) is 15.8. The van der Waals surface area contributed by atoms with Crippen LogP contribution in [0.1, 0.15) is 31.9 Å². The summed E-state index contributed by atoms with van der Waals surface area (Å²) in [5.74, 6) is 0.661. The highest BCUT2D eigenvalue weighted by atomic mass is 35.5. The number of hydrogen-bond donors (Lipinski definition) is 0. The highest BCUT2D eigenvalue weighted by Crippen LogP contribution is 2.20. The van der Waals surface area contributed by atoms with E-state index < -0.39 is 0 Å². The van der Waals surface area contributed by atoms with Gasteiger partial charge in [-0.1, -0.05) is 51.1 Å². The maximum atomic E-state index is 12.5. The average molecular weight is 304 g/mol. The summed E-state index contributed by atoms with van der Waals surface area (Å²) in [6.07, 6.45) is 1.02. The molecule has 21 heavy (non-hydrogen) atoms. The van der Waals surface area contributed by atoms with Gasteiger partial charge in [-0.3, -0.25) is 4.79 Å². The molecule has 0 aliphatic rings. The predicted octanol–water partition coefficient (Wildman–Crippen LogP) is 4.47. The van der Waals surface area contributed by atoms with Crippen molar-refractivity contribution in [2.24, 2.45) is 5.92 Å². The molecule has 3 heteroatoms. The fraction of sp³-hybridized carbons (Fsp3) is 0.389. The zero-order valence-corrected chi connectivity index (χ0v) is 13.7. The fourth-order valence-corrected chi connectivity index (χ4v) is 2.64. The summed E-state index contributed by atoms with van der Waals surface area (Å²) >= 11 is 5.87. The van der Waals surface area contributed by atoms with Crippen LogP contribution in [0.2, 0.25) is 0 Å². The molecule has 0 spiro atoms. The van der Waals surface area contributed by atoms with Gasteiger partial charge < -0.3 is 4.57 Å². The van der Waals surface area contributed by atoms with Gasteiger partial charge in [-0.25, -0.2) is 0 Å². The molecule has 2 rings (SSSR count). The number of aromatic nitrogens is 1. The Kier molecular flexibility index (Phi) is 5.24. The van der Waals surface area contributed by atoms with E-state index in [9.17, 15) is 4.79 Å². The molecule has 0 N–H and O–H groups in total. The molecule has 112 valence electrons. The summed E-state index contributed by atoms with van der Waals surface area (Å²) in [5, 5.41) is 0. The molecule has 0 amide bonds. The lowest BCUT2D eigenvalue weighted by Crippen LogP contribution is -2.26. The molecule has 0 fully saturated rings. The van der Waals surface area contributed by atoms with Gasteiger partial charge in [-0.2, -0.15) is 0 Å². The molecule has 0 saturated carbocycles. The Morgan fingerprint density at radius 3 is 2.29 bits per heavy atom. The highest BCUT2D eigenvalue weighted by Gasteiger charge is 2.11. The van der Waals surface area contributed by atoms with Crippen molar-refractivity contribution < 1.29 is 0 Å². The first-order chi connectivity index (χ1) is 10.1. The van der Waals surface area contributed by atoms with Crippen molar-refractivity contribution in [1.29, 1.82) is 0 Å². The lowest BCUT2D eigenvalue weighted by atomic mass is 10.1. The minimum Gasteiger partial charge on any atom is -0.308 e. The van der Waals surface area contributed by atoms with Crippen LogP contribution in [0.5, 0.6) is 0 Å². The van der Waals surface area contributed by atoms with E-state index in [4.69, 9.17) is 11.6 Å². The average Bonchev–Trinajstić information content (AvgIpc) is 2.49. The zero-order valence-electron chi connectivity index (χ0n) is 12.9. The Morgan fingerprint density at radius 1 is 1.10 bits per heavy atom. The first-order valence-corrected chi connectivity index (χ1v) is 7.98. The van der Waals surface area contributed by atoms with Crippen molar-refractivity contribution >= 4 is 11.6 Å². The van der Waals surface area contributed by atoms with Crippen molar-refractivity contribution in [3.63, 3.8) is 0 Å². The summed E-state index contributed by atoms with van der Waals surface area (Å²) in [6.45, 7) is 7.07. The van der Waals surface area contributed by atoms with Crippen LogP contribution in [-0.4, -0.2) is 4.57 Å². The fourth-order valence-electron chi connectivity index (χ4n) is 2.43. The number of halogens is 1. The van der Waals surface area contributed by atoms with Crippen LogP contribution >= 0.6 is 11.6 Å². The van der Waals surface area contributed by atoms with Crippen molar-refractivity contribution in [3.8, 4) is 11.3 Å². The summed E-state index contributed by atoms with van der Waals surface area (Å²) < 4.78 is 1.85. The van der Waals surface area contributed by atoms with Crippen LogP contribution in [-0.2, 0) is 18.8 Å². The van der Waals surface area contributed by atoms with E-state index in [-0.39, 0.29) is 11.4 Å². The zero-order chi connectivity index (χ0) is 15.4. The third-order valence-electron chi connectivity index (χ3n) is 3.60. The number of alkyl halides is 1. The Morgan fingerprint density at radius 2 is 1.76 bits per heavy atom. The maximum absolute atomic E-state index is 12.5. The highest BCUT2D eigenvalue weighted by molar-refractivity contribution is 6.17. The van der Waals surface area contributed by atoms with E-state index in [1.807, 2.05) is 16.7 Å². The van der Waals surface area contributed by atoms with E-state index in [0.717, 1.165) is 17.7 Å². The number of pyridine rings is 1. The Balaban J connectivity index is 2.55. The summed E-state index contributed by atoms with van der Waals surface area (Å²) in [5.41, 5.74) is 4.02. The molecule has 0 saturated heterocycles. The Labute approximate surface area is 131 Å². The molecule has 2 nitrogen and oxygen atoms in total. The number of nitrogens with zero attached hydrogens (tertiary/aromatic N) is 1. The van der Waals surface area contributed by atoms with Crippen LogP contribution in [0, 0.1) is 5.92 Å². The van der Waals surface area contributed by atoms with Crippen molar-refractivity contribution in [2.45, 2.75) is 39.6 Å². The lowest BCUT2D eigenvalue weighted by molar-refractivity contribution is 0.513. The summed E-state index contributed by atoms with van der Waals surface area (Å²) in [4.78, 5) is 12.5. The number of hydrogen-bond acceptors (Lipinski definition) is 1.